The predicted octanol–water partition coefficient (Wildman–Crippen LogP) is 2.94. The molecule has 0 saturated heterocycles. The second kappa shape index (κ2) is 9.61. The molecule has 0 aliphatic carbocycles. The zero-order valence-corrected chi connectivity index (χ0v) is 17.8. The highest BCUT2D eigenvalue weighted by Gasteiger charge is 2.23. The molecule has 3 heterocycles. The van der Waals surface area contributed by atoms with Gasteiger partial charge in [-0.25, -0.2) is 0 Å². The van der Waals surface area contributed by atoms with Crippen LogP contribution in [0.15, 0.2) is 53.2 Å². The minimum atomic E-state index is -0.268. The molecule has 1 aliphatic heterocycles. The molecule has 1 aliphatic rings. The largest absolute Gasteiger partial charge is 0.496 e. The molecular weight excluding hydrogens is 394 g/mol. The third-order valence-corrected chi connectivity index (χ3v) is 5.43. The number of aromatic nitrogens is 3. The first-order valence-electron chi connectivity index (χ1n) is 10.4. The summed E-state index contributed by atoms with van der Waals surface area (Å²) in [5.41, 5.74) is 1.07. The summed E-state index contributed by atoms with van der Waals surface area (Å²) in [7, 11) is 1.69. The Labute approximate surface area is 181 Å². The fourth-order valence-electron chi connectivity index (χ4n) is 3.76. The van der Waals surface area contributed by atoms with Crippen LogP contribution in [0.4, 0.5) is 0 Å². The summed E-state index contributed by atoms with van der Waals surface area (Å²) in [6.45, 7) is 5.32. The molecule has 1 aromatic carbocycles. The van der Waals surface area contributed by atoms with E-state index in [4.69, 9.17) is 9.15 Å². The van der Waals surface area contributed by atoms with Crippen LogP contribution in [0.25, 0.3) is 6.08 Å². The van der Waals surface area contributed by atoms with Gasteiger partial charge in [0.1, 0.15) is 11.6 Å². The van der Waals surface area contributed by atoms with Crippen LogP contribution in [0.3, 0.4) is 0 Å². The van der Waals surface area contributed by atoms with Gasteiger partial charge in [-0.15, -0.1) is 10.2 Å². The number of hydrogen-bond acceptors (Lipinski definition) is 6. The molecule has 1 unspecified atom stereocenters. The molecular formula is C23H27N5O3. The lowest BCUT2D eigenvalue weighted by Gasteiger charge is -2.18. The van der Waals surface area contributed by atoms with E-state index >= 15 is 0 Å². The topological polar surface area (TPSA) is 85.4 Å². The van der Waals surface area contributed by atoms with Gasteiger partial charge >= 0.3 is 0 Å². The summed E-state index contributed by atoms with van der Waals surface area (Å²) in [5.74, 6) is 2.62. The highest BCUT2D eigenvalue weighted by molar-refractivity contribution is 5.91. The van der Waals surface area contributed by atoms with Gasteiger partial charge in [-0.2, -0.15) is 0 Å². The maximum atomic E-state index is 12.3. The molecule has 0 fully saturated rings. The van der Waals surface area contributed by atoms with Gasteiger partial charge in [-0.05, 0) is 25.1 Å². The van der Waals surface area contributed by atoms with Crippen molar-refractivity contribution in [3.8, 4) is 5.75 Å². The molecule has 2 aromatic heterocycles. The van der Waals surface area contributed by atoms with E-state index in [1.54, 1.807) is 19.2 Å². The fraction of sp³-hybridized carbons (Fsp3) is 0.348. The van der Waals surface area contributed by atoms with E-state index in [-0.39, 0.29) is 17.7 Å². The average Bonchev–Trinajstić information content (AvgIpc) is 3.42. The number of furan rings is 1. The summed E-state index contributed by atoms with van der Waals surface area (Å²) in [6.07, 6.45) is 6.56. The SMILES string of the molecule is COc1ccccc1C=CCN1CCc2nnc(C(C)NC(=O)c3ccco3)n2CC1. The van der Waals surface area contributed by atoms with Crippen LogP contribution in [-0.4, -0.2) is 52.3 Å². The van der Waals surface area contributed by atoms with Crippen LogP contribution in [0, 0.1) is 0 Å². The Hall–Kier alpha value is -3.39. The van der Waals surface area contributed by atoms with E-state index in [1.807, 2.05) is 31.2 Å². The van der Waals surface area contributed by atoms with E-state index in [0.717, 1.165) is 55.6 Å². The van der Waals surface area contributed by atoms with E-state index in [2.05, 4.69) is 37.1 Å². The third kappa shape index (κ3) is 4.86. The van der Waals surface area contributed by atoms with Crippen molar-refractivity contribution in [3.63, 3.8) is 0 Å². The van der Waals surface area contributed by atoms with Crippen LogP contribution in [0.2, 0.25) is 0 Å². The Bertz CT molecular complexity index is 1040. The Morgan fingerprint density at radius 2 is 2.10 bits per heavy atom. The van der Waals surface area contributed by atoms with Crippen molar-refractivity contribution in [2.24, 2.45) is 0 Å². The number of para-hydroxylation sites is 1. The molecule has 1 N–H and O–H groups in total. The van der Waals surface area contributed by atoms with Crippen LogP contribution < -0.4 is 10.1 Å². The molecule has 0 spiro atoms. The number of methoxy groups -OCH3 is 1. The van der Waals surface area contributed by atoms with Crippen molar-refractivity contribution < 1.29 is 13.9 Å². The number of nitrogens with zero attached hydrogens (tertiary/aromatic N) is 4. The van der Waals surface area contributed by atoms with Crippen LogP contribution in [0.5, 0.6) is 5.75 Å². The minimum absolute atomic E-state index is 0.258. The van der Waals surface area contributed by atoms with Crippen molar-refractivity contribution in [2.45, 2.75) is 25.9 Å². The van der Waals surface area contributed by atoms with Crippen LogP contribution in [-0.2, 0) is 13.0 Å². The van der Waals surface area contributed by atoms with E-state index in [0.29, 0.717) is 0 Å². The minimum Gasteiger partial charge on any atom is -0.496 e. The highest BCUT2D eigenvalue weighted by atomic mass is 16.5. The lowest BCUT2D eigenvalue weighted by atomic mass is 10.2. The predicted molar refractivity (Wildman–Crippen MR) is 117 cm³/mol. The molecule has 1 atom stereocenters. The molecule has 8 heteroatoms. The number of benzene rings is 1. The van der Waals surface area contributed by atoms with Crippen molar-refractivity contribution in [1.82, 2.24) is 25.0 Å². The quantitative estimate of drug-likeness (QED) is 0.631. The van der Waals surface area contributed by atoms with E-state index < -0.39 is 0 Å². The molecule has 3 aromatic rings. The standard InChI is InChI=1S/C23H27N5O3/c1-17(24-23(29)20-10-6-16-31-20)22-26-25-21-11-13-27(14-15-28(21)22)12-5-8-18-7-3-4-9-19(18)30-2/h3-10,16-17H,11-15H2,1-2H3,(H,24,29). The number of nitrogens with one attached hydrogen (secondary N) is 1. The maximum Gasteiger partial charge on any atom is 0.287 e. The third-order valence-electron chi connectivity index (χ3n) is 5.43. The lowest BCUT2D eigenvalue weighted by Crippen LogP contribution is -2.30. The van der Waals surface area contributed by atoms with E-state index in [9.17, 15) is 4.79 Å². The second-order valence-electron chi connectivity index (χ2n) is 7.49. The van der Waals surface area contributed by atoms with Crippen molar-refractivity contribution in [1.29, 1.82) is 0 Å². The zero-order valence-electron chi connectivity index (χ0n) is 17.8. The first kappa shape index (κ1) is 20.9. The monoisotopic (exact) mass is 421 g/mol. The van der Waals surface area contributed by atoms with E-state index in [1.165, 1.54) is 6.26 Å². The smallest absolute Gasteiger partial charge is 0.287 e. The number of rotatable bonds is 7. The number of carbonyl (C=O) groups is 1. The molecule has 0 bridgehead atoms. The first-order chi connectivity index (χ1) is 15.2. The molecule has 4 rings (SSSR count). The van der Waals surface area contributed by atoms with Crippen molar-refractivity contribution in [3.05, 3.63) is 71.7 Å². The van der Waals surface area contributed by atoms with Gasteiger partial charge in [-0.1, -0.05) is 30.4 Å². The van der Waals surface area contributed by atoms with Crippen molar-refractivity contribution >= 4 is 12.0 Å². The number of amides is 1. The Balaban J connectivity index is 1.36. The number of ether oxygens (including phenoxy) is 1. The molecule has 0 saturated carbocycles. The number of carbonyl (C=O) groups excluding carboxylic acids is 1. The summed E-state index contributed by atoms with van der Waals surface area (Å²) in [6, 6.07) is 11.1. The van der Waals surface area contributed by atoms with Gasteiger partial charge in [0.2, 0.25) is 0 Å². The van der Waals surface area contributed by atoms with Gasteiger partial charge in [0, 0.05) is 38.2 Å². The van der Waals surface area contributed by atoms with Gasteiger partial charge in [-0.3, -0.25) is 9.69 Å². The Morgan fingerprint density at radius 3 is 2.90 bits per heavy atom. The lowest BCUT2D eigenvalue weighted by molar-refractivity contribution is 0.0909. The summed E-state index contributed by atoms with van der Waals surface area (Å²) < 4.78 is 12.7. The zero-order chi connectivity index (χ0) is 21.6. The van der Waals surface area contributed by atoms with Crippen LogP contribution in [0.1, 0.15) is 40.7 Å². The summed E-state index contributed by atoms with van der Waals surface area (Å²) >= 11 is 0. The van der Waals surface area contributed by atoms with Gasteiger partial charge in [0.05, 0.1) is 19.4 Å². The molecule has 0 radical (unpaired) electrons. The fourth-order valence-corrected chi connectivity index (χ4v) is 3.76. The molecule has 162 valence electrons. The highest BCUT2D eigenvalue weighted by Crippen LogP contribution is 2.19. The summed E-state index contributed by atoms with van der Waals surface area (Å²) in [4.78, 5) is 14.7. The Morgan fingerprint density at radius 1 is 1.23 bits per heavy atom. The molecule has 8 nitrogen and oxygen atoms in total. The maximum absolute atomic E-state index is 12.3. The normalized spacial score (nSPS) is 15.4. The molecule has 1 amide bonds. The van der Waals surface area contributed by atoms with Gasteiger partial charge in [0.25, 0.3) is 5.91 Å². The van der Waals surface area contributed by atoms with Crippen LogP contribution >= 0.6 is 0 Å². The number of fused-ring (bicyclic) bond motifs is 1. The number of hydrogen-bond donors (Lipinski definition) is 1. The first-order valence-corrected chi connectivity index (χ1v) is 10.4. The van der Waals surface area contributed by atoms with Gasteiger partial charge < -0.3 is 19.0 Å². The second-order valence-corrected chi connectivity index (χ2v) is 7.49. The Kier molecular flexibility index (Phi) is 6.47. The van der Waals surface area contributed by atoms with Gasteiger partial charge in [0.15, 0.2) is 11.6 Å². The van der Waals surface area contributed by atoms with Crippen molar-refractivity contribution in [2.75, 3.05) is 26.7 Å². The summed E-state index contributed by atoms with van der Waals surface area (Å²) in [5, 5.41) is 11.6. The molecule has 31 heavy (non-hydrogen) atoms. The average molecular weight is 422 g/mol.